The first-order chi connectivity index (χ1) is 15.0. The van der Waals surface area contributed by atoms with E-state index in [4.69, 9.17) is 4.74 Å². The summed E-state index contributed by atoms with van der Waals surface area (Å²) in [5.41, 5.74) is 0.783. The molecule has 1 fully saturated rings. The van der Waals surface area contributed by atoms with E-state index in [0.717, 1.165) is 77.0 Å². The van der Waals surface area contributed by atoms with Gasteiger partial charge in [-0.1, -0.05) is 83.3 Å². The molecule has 0 aromatic rings. The summed E-state index contributed by atoms with van der Waals surface area (Å²) in [5.74, 6) is 0.157. The van der Waals surface area contributed by atoms with Crippen molar-refractivity contribution >= 4 is 5.97 Å². The summed E-state index contributed by atoms with van der Waals surface area (Å²) in [4.78, 5) is 11.4. The van der Waals surface area contributed by atoms with Gasteiger partial charge in [0.15, 0.2) is 0 Å². The number of carbonyl (C=O) groups excluding carboxylic acids is 1. The fraction of sp³-hybridized carbons (Fsp3) is 0.889. The summed E-state index contributed by atoms with van der Waals surface area (Å²) >= 11 is 0. The van der Waals surface area contributed by atoms with Crippen molar-refractivity contribution in [3.63, 3.8) is 0 Å². The minimum Gasteiger partial charge on any atom is -0.466 e. The first-order valence-corrected chi connectivity index (χ1v) is 13.2. The number of rotatable bonds is 18. The second-order valence-corrected chi connectivity index (χ2v) is 9.59. The molecule has 0 aromatic carbocycles. The van der Waals surface area contributed by atoms with Crippen molar-refractivity contribution in [2.75, 3.05) is 6.61 Å². The molecule has 2 atom stereocenters. The number of ether oxygens (including phenoxy) is 1. The van der Waals surface area contributed by atoms with Crippen LogP contribution in [0.2, 0.25) is 0 Å². The summed E-state index contributed by atoms with van der Waals surface area (Å²) < 4.78 is 4.97. The van der Waals surface area contributed by atoms with Gasteiger partial charge in [0, 0.05) is 12.3 Å². The number of aliphatic hydroxyl groups is 2. The van der Waals surface area contributed by atoms with E-state index in [2.05, 4.69) is 19.9 Å². The molecule has 2 N–H and O–H groups in total. The van der Waals surface area contributed by atoms with Gasteiger partial charge in [-0.05, 0) is 51.9 Å². The van der Waals surface area contributed by atoms with Crippen molar-refractivity contribution < 1.29 is 19.7 Å². The quantitative estimate of drug-likeness (QED) is 0.139. The lowest BCUT2D eigenvalue weighted by Crippen LogP contribution is -2.28. The predicted octanol–water partition coefficient (Wildman–Crippen LogP) is 6.87. The Kier molecular flexibility index (Phi) is 15.2. The average Bonchev–Trinajstić information content (AvgIpc) is 3.09. The molecule has 0 radical (unpaired) electrons. The van der Waals surface area contributed by atoms with Crippen LogP contribution in [0.25, 0.3) is 0 Å². The van der Waals surface area contributed by atoms with Gasteiger partial charge in [0.25, 0.3) is 0 Å². The second-order valence-electron chi connectivity index (χ2n) is 9.59. The first-order valence-electron chi connectivity index (χ1n) is 13.2. The highest BCUT2D eigenvalue weighted by atomic mass is 16.5. The largest absolute Gasteiger partial charge is 0.466 e. The summed E-state index contributed by atoms with van der Waals surface area (Å²) in [6, 6.07) is 0. The Morgan fingerprint density at radius 3 is 2.26 bits per heavy atom. The highest BCUT2D eigenvalue weighted by Crippen LogP contribution is 2.37. The summed E-state index contributed by atoms with van der Waals surface area (Å²) in [7, 11) is 0. The molecule has 0 bridgehead atoms. The van der Waals surface area contributed by atoms with Gasteiger partial charge in [-0.25, -0.2) is 0 Å². The molecule has 1 saturated carbocycles. The van der Waals surface area contributed by atoms with Gasteiger partial charge in [0.1, 0.15) is 0 Å². The molecule has 0 aliphatic heterocycles. The summed E-state index contributed by atoms with van der Waals surface area (Å²) in [6.45, 7) is 6.71. The normalized spacial score (nSPS) is 20.5. The van der Waals surface area contributed by atoms with Gasteiger partial charge in [-0.15, -0.1) is 0 Å². The molecule has 0 saturated heterocycles. The third-order valence-electron chi connectivity index (χ3n) is 6.86. The molecule has 4 nitrogen and oxygen atoms in total. The molecular weight excluding hydrogens is 388 g/mol. The molecule has 0 aromatic heterocycles. The van der Waals surface area contributed by atoms with Gasteiger partial charge < -0.3 is 14.9 Å². The maximum atomic E-state index is 11.4. The number of aliphatic hydroxyl groups excluding tert-OH is 1. The monoisotopic (exact) mass is 438 g/mol. The fourth-order valence-electron chi connectivity index (χ4n) is 4.86. The Morgan fingerprint density at radius 1 is 1.00 bits per heavy atom. The maximum absolute atomic E-state index is 11.4. The van der Waals surface area contributed by atoms with Crippen LogP contribution in [0.1, 0.15) is 130 Å². The zero-order valence-corrected chi connectivity index (χ0v) is 20.7. The second kappa shape index (κ2) is 16.7. The number of unbranched alkanes of at least 4 members (excludes halogenated alkanes) is 7. The number of esters is 1. The van der Waals surface area contributed by atoms with Crippen molar-refractivity contribution in [2.24, 2.45) is 5.92 Å². The van der Waals surface area contributed by atoms with E-state index in [-0.39, 0.29) is 18.0 Å². The van der Waals surface area contributed by atoms with Gasteiger partial charge in [-0.2, -0.15) is 0 Å². The molecule has 182 valence electrons. The smallest absolute Gasteiger partial charge is 0.305 e. The lowest BCUT2D eigenvalue weighted by molar-refractivity contribution is -0.143. The average molecular weight is 439 g/mol. The van der Waals surface area contributed by atoms with Crippen LogP contribution in [0.5, 0.6) is 0 Å². The lowest BCUT2D eigenvalue weighted by atomic mass is 9.85. The minimum atomic E-state index is -0.581. The van der Waals surface area contributed by atoms with Crippen molar-refractivity contribution in [1.82, 2.24) is 0 Å². The highest BCUT2D eigenvalue weighted by molar-refractivity contribution is 5.69. The van der Waals surface area contributed by atoms with Crippen LogP contribution in [0.3, 0.4) is 0 Å². The molecule has 1 aliphatic rings. The third kappa shape index (κ3) is 12.1. The van der Waals surface area contributed by atoms with Crippen LogP contribution in [0.15, 0.2) is 11.6 Å². The van der Waals surface area contributed by atoms with Crippen LogP contribution in [0, 0.1) is 5.92 Å². The van der Waals surface area contributed by atoms with Crippen LogP contribution in [-0.2, 0) is 9.53 Å². The molecule has 0 heterocycles. The Bertz CT molecular complexity index is 489. The number of hydrogen-bond acceptors (Lipinski definition) is 4. The Labute approximate surface area is 191 Å². The highest BCUT2D eigenvalue weighted by Gasteiger charge is 2.31. The number of carbonyl (C=O) groups is 1. The van der Waals surface area contributed by atoms with E-state index in [9.17, 15) is 15.0 Å². The van der Waals surface area contributed by atoms with Gasteiger partial charge in [0.05, 0.1) is 18.3 Å². The van der Waals surface area contributed by atoms with Crippen molar-refractivity contribution in [3.05, 3.63) is 11.6 Å². The molecule has 4 heteroatoms. The van der Waals surface area contributed by atoms with E-state index in [1.54, 1.807) is 0 Å². The molecule has 1 rings (SSSR count). The topological polar surface area (TPSA) is 66.8 Å². The molecule has 0 spiro atoms. The fourth-order valence-corrected chi connectivity index (χ4v) is 4.86. The molecule has 0 unspecified atom stereocenters. The van der Waals surface area contributed by atoms with Crippen LogP contribution in [0.4, 0.5) is 0 Å². The standard InChI is InChI=1S/C27H50O4/c1-4-7-13-20-27(30,21-14-8-5-2)22-19-23-17-18-25(28)24(23)15-11-9-10-12-16-26(29)31-6-3/h19,24-25,28,30H,4-18,20-22H2,1-3H3/t24-,25-/m1/s1. The third-order valence-corrected chi connectivity index (χ3v) is 6.86. The molecular formula is C27H50O4. The lowest BCUT2D eigenvalue weighted by Gasteiger charge is -2.28. The van der Waals surface area contributed by atoms with E-state index in [0.29, 0.717) is 13.0 Å². The van der Waals surface area contributed by atoms with Crippen LogP contribution >= 0.6 is 0 Å². The van der Waals surface area contributed by atoms with Crippen LogP contribution in [-0.4, -0.2) is 34.5 Å². The number of hydrogen-bond donors (Lipinski definition) is 2. The van der Waals surface area contributed by atoms with E-state index in [1.165, 1.54) is 31.3 Å². The van der Waals surface area contributed by atoms with E-state index in [1.807, 2.05) is 6.92 Å². The van der Waals surface area contributed by atoms with E-state index >= 15 is 0 Å². The van der Waals surface area contributed by atoms with Gasteiger partial charge in [-0.3, -0.25) is 4.79 Å². The molecule has 0 amide bonds. The summed E-state index contributed by atoms with van der Waals surface area (Å²) in [5, 5.41) is 21.8. The zero-order chi connectivity index (χ0) is 23.0. The molecule has 31 heavy (non-hydrogen) atoms. The van der Waals surface area contributed by atoms with Gasteiger partial charge in [0.2, 0.25) is 0 Å². The maximum Gasteiger partial charge on any atom is 0.305 e. The van der Waals surface area contributed by atoms with Crippen molar-refractivity contribution in [1.29, 1.82) is 0 Å². The first kappa shape index (κ1) is 28.2. The minimum absolute atomic E-state index is 0.0932. The molecule has 1 aliphatic carbocycles. The van der Waals surface area contributed by atoms with E-state index < -0.39 is 5.60 Å². The Morgan fingerprint density at radius 2 is 1.65 bits per heavy atom. The van der Waals surface area contributed by atoms with Gasteiger partial charge >= 0.3 is 5.97 Å². The van der Waals surface area contributed by atoms with Crippen molar-refractivity contribution in [3.8, 4) is 0 Å². The Hall–Kier alpha value is -0.870. The zero-order valence-electron chi connectivity index (χ0n) is 20.7. The predicted molar refractivity (Wildman–Crippen MR) is 129 cm³/mol. The Balaban J connectivity index is 2.49. The van der Waals surface area contributed by atoms with Crippen molar-refractivity contribution in [2.45, 2.75) is 142 Å². The van der Waals surface area contributed by atoms with Crippen LogP contribution < -0.4 is 0 Å². The summed E-state index contributed by atoms with van der Waals surface area (Å²) in [6.07, 6.45) is 18.9. The SMILES string of the molecule is CCCCCC(O)(CC=C1CC[C@@H](O)[C@@H]1CCCCCCC(=O)OCC)CCCCC.